The molecule has 0 radical (unpaired) electrons. The summed E-state index contributed by atoms with van der Waals surface area (Å²) in [7, 11) is 0. The zero-order valence-electron chi connectivity index (χ0n) is 17.9. The van der Waals surface area contributed by atoms with Crippen LogP contribution in [-0.2, 0) is 27.9 Å². The summed E-state index contributed by atoms with van der Waals surface area (Å²) >= 11 is 0. The lowest BCUT2D eigenvalue weighted by Crippen LogP contribution is -2.57. The molecule has 1 aliphatic heterocycles. The minimum Gasteiger partial charge on any atom is -0.374 e. The number of hydrogen-bond donors (Lipinski definition) is 2. The van der Waals surface area contributed by atoms with Gasteiger partial charge in [0.1, 0.15) is 0 Å². The summed E-state index contributed by atoms with van der Waals surface area (Å²) in [6, 6.07) is 14.0. The molecule has 1 aliphatic rings. The van der Waals surface area contributed by atoms with Crippen LogP contribution in [0.25, 0.3) is 0 Å². The average molecular weight is 435 g/mol. The highest BCUT2D eigenvalue weighted by atomic mass is 19.4. The van der Waals surface area contributed by atoms with E-state index in [1.807, 2.05) is 37.3 Å². The van der Waals surface area contributed by atoms with Gasteiger partial charge in [0.15, 0.2) is 0 Å². The first-order valence-corrected chi connectivity index (χ1v) is 10.6. The smallest absolute Gasteiger partial charge is 0.374 e. The van der Waals surface area contributed by atoms with Crippen molar-refractivity contribution in [2.45, 2.75) is 57.5 Å². The van der Waals surface area contributed by atoms with Gasteiger partial charge in [-0.3, -0.25) is 4.79 Å². The van der Waals surface area contributed by atoms with E-state index in [0.29, 0.717) is 30.7 Å². The van der Waals surface area contributed by atoms with Crippen molar-refractivity contribution >= 4 is 5.91 Å². The number of amides is 1. The van der Waals surface area contributed by atoms with Gasteiger partial charge in [-0.25, -0.2) is 0 Å². The van der Waals surface area contributed by atoms with E-state index in [1.54, 1.807) is 13.0 Å². The van der Waals surface area contributed by atoms with E-state index in [1.165, 1.54) is 0 Å². The second-order valence-corrected chi connectivity index (χ2v) is 8.18. The number of benzene rings is 2. The molecule has 1 heterocycles. The van der Waals surface area contributed by atoms with Gasteiger partial charge < -0.3 is 15.4 Å². The molecule has 0 spiro atoms. The molecule has 7 heteroatoms. The lowest BCUT2D eigenvalue weighted by Gasteiger charge is -2.42. The van der Waals surface area contributed by atoms with Gasteiger partial charge in [-0.1, -0.05) is 48.9 Å². The molecule has 1 amide bonds. The summed E-state index contributed by atoms with van der Waals surface area (Å²) in [6.45, 7) is 4.49. The third-order valence-electron chi connectivity index (χ3n) is 5.70. The molecule has 3 rings (SSSR count). The molecule has 0 aliphatic carbocycles. The molecule has 1 saturated heterocycles. The zero-order valence-corrected chi connectivity index (χ0v) is 17.9. The van der Waals surface area contributed by atoms with E-state index in [0.717, 1.165) is 30.5 Å². The molecular weight excluding hydrogens is 405 g/mol. The second-order valence-electron chi connectivity index (χ2n) is 8.18. The van der Waals surface area contributed by atoms with Crippen molar-refractivity contribution in [2.24, 2.45) is 0 Å². The topological polar surface area (TPSA) is 50.4 Å². The molecule has 2 aromatic carbocycles. The van der Waals surface area contributed by atoms with E-state index in [9.17, 15) is 18.0 Å². The first-order chi connectivity index (χ1) is 14.7. The lowest BCUT2D eigenvalue weighted by atomic mass is 9.81. The highest BCUT2D eigenvalue weighted by Gasteiger charge is 2.37. The number of nitrogens with one attached hydrogen (secondary N) is 2. The molecule has 2 atom stereocenters. The predicted molar refractivity (Wildman–Crippen MR) is 113 cm³/mol. The third-order valence-corrected chi connectivity index (χ3v) is 5.70. The molecule has 2 aromatic rings. The van der Waals surface area contributed by atoms with Crippen molar-refractivity contribution in [3.05, 3.63) is 70.8 Å². The fraction of sp³-hybridized carbons (Fsp3) is 0.458. The molecule has 168 valence electrons. The van der Waals surface area contributed by atoms with Crippen molar-refractivity contribution in [3.63, 3.8) is 0 Å². The van der Waals surface area contributed by atoms with Crippen molar-refractivity contribution < 1.29 is 22.7 Å². The Hall–Kier alpha value is -2.38. The first-order valence-electron chi connectivity index (χ1n) is 10.6. The summed E-state index contributed by atoms with van der Waals surface area (Å²) < 4.78 is 45.3. The van der Waals surface area contributed by atoms with Crippen LogP contribution in [0.4, 0.5) is 13.2 Å². The van der Waals surface area contributed by atoms with Gasteiger partial charge in [0.05, 0.1) is 24.3 Å². The molecule has 0 unspecified atom stereocenters. The van der Waals surface area contributed by atoms with E-state index in [4.69, 9.17) is 4.74 Å². The number of aryl methyl sites for hydroxylation is 1. The first kappa shape index (κ1) is 23.3. The second kappa shape index (κ2) is 9.83. The normalized spacial score (nSPS) is 21.6. The molecule has 0 bridgehead atoms. The van der Waals surface area contributed by atoms with Crippen molar-refractivity contribution in [1.82, 2.24) is 10.6 Å². The van der Waals surface area contributed by atoms with Crippen LogP contribution in [0.15, 0.2) is 48.5 Å². The number of ether oxygens (including phenoxy) is 1. The summed E-state index contributed by atoms with van der Waals surface area (Å²) in [5.41, 5.74) is 1.01. The Kier molecular flexibility index (Phi) is 7.38. The largest absolute Gasteiger partial charge is 0.416 e. The van der Waals surface area contributed by atoms with Crippen LogP contribution in [0.3, 0.4) is 0 Å². The summed E-state index contributed by atoms with van der Waals surface area (Å²) in [5.74, 6) is 0.0233. The highest BCUT2D eigenvalue weighted by molar-refractivity contribution is 5.75. The number of piperidine rings is 1. The Balaban J connectivity index is 1.70. The number of hydrogen-bond acceptors (Lipinski definition) is 3. The van der Waals surface area contributed by atoms with Gasteiger partial charge in [-0.2, -0.15) is 13.2 Å². The lowest BCUT2D eigenvalue weighted by molar-refractivity contribution is -0.137. The maximum Gasteiger partial charge on any atom is 0.416 e. The van der Waals surface area contributed by atoms with Crippen LogP contribution in [0.2, 0.25) is 0 Å². The average Bonchev–Trinajstić information content (AvgIpc) is 2.74. The standard InChI is InChI=1S/C24H29F3N2O2/c1-3-22(30)29-21-9-10-23(28-14-21,19-7-5-4-6-8-19)16-31-15-18-11-17(2)12-20(13-18)24(25,26)27/h4-8,11-13,21,28H,3,9-10,14-16H2,1-2H3,(H,29,30)/t21-,23+/m0/s1. The monoisotopic (exact) mass is 434 g/mol. The Labute approximate surface area is 181 Å². The van der Waals surface area contributed by atoms with Crippen LogP contribution in [0, 0.1) is 6.92 Å². The molecule has 2 N–H and O–H groups in total. The quantitative estimate of drug-likeness (QED) is 0.664. The predicted octanol–water partition coefficient (Wildman–Crippen LogP) is 4.70. The van der Waals surface area contributed by atoms with Crippen LogP contribution in [-0.4, -0.2) is 25.1 Å². The van der Waals surface area contributed by atoms with E-state index < -0.39 is 17.3 Å². The van der Waals surface area contributed by atoms with Gasteiger partial charge in [0.2, 0.25) is 5.91 Å². The maximum absolute atomic E-state index is 13.1. The van der Waals surface area contributed by atoms with Gasteiger partial charge in [0, 0.05) is 19.0 Å². The maximum atomic E-state index is 13.1. The number of alkyl halides is 3. The Morgan fingerprint density at radius 3 is 2.58 bits per heavy atom. The Morgan fingerprint density at radius 2 is 1.97 bits per heavy atom. The van der Waals surface area contributed by atoms with E-state index in [-0.39, 0.29) is 18.6 Å². The van der Waals surface area contributed by atoms with Crippen molar-refractivity contribution in [3.8, 4) is 0 Å². The van der Waals surface area contributed by atoms with Gasteiger partial charge in [0.25, 0.3) is 0 Å². The SMILES string of the molecule is CCC(=O)N[C@H]1CC[C@@](COCc2cc(C)cc(C(F)(F)F)c2)(c2ccccc2)NC1. The minimum absolute atomic E-state index is 0.0233. The number of carbonyl (C=O) groups is 1. The van der Waals surface area contributed by atoms with Crippen molar-refractivity contribution in [1.29, 1.82) is 0 Å². The number of rotatable bonds is 7. The number of carbonyl (C=O) groups excluding carboxylic acids is 1. The summed E-state index contributed by atoms with van der Waals surface area (Å²) in [4.78, 5) is 11.7. The number of halogens is 3. The summed E-state index contributed by atoms with van der Waals surface area (Å²) in [6.07, 6.45) is -2.40. The van der Waals surface area contributed by atoms with Gasteiger partial charge >= 0.3 is 6.18 Å². The summed E-state index contributed by atoms with van der Waals surface area (Å²) in [5, 5.41) is 6.56. The Bertz CT molecular complexity index is 876. The van der Waals surface area contributed by atoms with Gasteiger partial charge in [-0.05, 0) is 43.0 Å². The molecule has 0 aromatic heterocycles. The molecule has 31 heavy (non-hydrogen) atoms. The van der Waals surface area contributed by atoms with Crippen molar-refractivity contribution in [2.75, 3.05) is 13.2 Å². The molecule has 0 saturated carbocycles. The zero-order chi connectivity index (χ0) is 22.5. The third kappa shape index (κ3) is 6.08. The highest BCUT2D eigenvalue weighted by Crippen LogP contribution is 2.33. The van der Waals surface area contributed by atoms with Gasteiger partial charge in [-0.15, -0.1) is 0 Å². The Morgan fingerprint density at radius 1 is 1.23 bits per heavy atom. The minimum atomic E-state index is -4.38. The van der Waals surface area contributed by atoms with E-state index >= 15 is 0 Å². The van der Waals surface area contributed by atoms with Crippen LogP contribution < -0.4 is 10.6 Å². The van der Waals surface area contributed by atoms with Crippen LogP contribution >= 0.6 is 0 Å². The van der Waals surface area contributed by atoms with Crippen LogP contribution in [0.5, 0.6) is 0 Å². The molecular formula is C24H29F3N2O2. The van der Waals surface area contributed by atoms with E-state index in [2.05, 4.69) is 10.6 Å². The van der Waals surface area contributed by atoms with Crippen LogP contribution in [0.1, 0.15) is 48.4 Å². The fourth-order valence-corrected chi connectivity index (χ4v) is 4.05. The molecule has 1 fully saturated rings. The molecule has 4 nitrogen and oxygen atoms in total. The fourth-order valence-electron chi connectivity index (χ4n) is 4.05.